The number of thioether (sulfide) groups is 1. The van der Waals surface area contributed by atoms with Crippen molar-refractivity contribution in [2.75, 3.05) is 35.2 Å². The molecule has 0 bridgehead atoms. The summed E-state index contributed by atoms with van der Waals surface area (Å²) in [4.78, 5) is 2.35. The van der Waals surface area contributed by atoms with Gasteiger partial charge in [0.25, 0.3) is 0 Å². The Bertz CT molecular complexity index is 335. The fourth-order valence-corrected chi connectivity index (χ4v) is 2.87. The maximum atomic E-state index is 5.97. The van der Waals surface area contributed by atoms with E-state index in [-0.39, 0.29) is 0 Å². The number of nitrogens with two attached hydrogens (primary N) is 1. The van der Waals surface area contributed by atoms with Gasteiger partial charge in [0.15, 0.2) is 0 Å². The number of rotatable bonds is 1. The zero-order chi connectivity index (χ0) is 10.7. The summed E-state index contributed by atoms with van der Waals surface area (Å²) in [6.45, 7) is 2.18. The summed E-state index contributed by atoms with van der Waals surface area (Å²) in [6, 6.07) is 5.76. The van der Waals surface area contributed by atoms with Crippen LogP contribution in [0.3, 0.4) is 0 Å². The van der Waals surface area contributed by atoms with E-state index in [0.717, 1.165) is 24.5 Å². The van der Waals surface area contributed by atoms with Crippen LogP contribution < -0.4 is 10.6 Å². The Labute approximate surface area is 99.8 Å². The van der Waals surface area contributed by atoms with Crippen LogP contribution in [0.15, 0.2) is 18.2 Å². The lowest BCUT2D eigenvalue weighted by Gasteiger charge is -2.23. The van der Waals surface area contributed by atoms with Gasteiger partial charge in [-0.2, -0.15) is 11.8 Å². The van der Waals surface area contributed by atoms with Crippen molar-refractivity contribution in [2.45, 2.75) is 6.42 Å². The standard InChI is InChI=1S/C11H15ClN2S/c12-9-2-3-11(10(13)8-9)14-4-1-6-15-7-5-14/h2-3,8H,1,4-7,13H2. The predicted octanol–water partition coefficient (Wildman–Crippen LogP) is 2.87. The summed E-state index contributed by atoms with van der Waals surface area (Å²) in [5.41, 5.74) is 7.88. The maximum absolute atomic E-state index is 5.97. The van der Waals surface area contributed by atoms with Crippen molar-refractivity contribution in [1.29, 1.82) is 0 Å². The summed E-state index contributed by atoms with van der Waals surface area (Å²) in [5, 5.41) is 0.709. The third-order valence-corrected chi connectivity index (χ3v) is 3.84. The molecule has 15 heavy (non-hydrogen) atoms. The number of nitrogens with zero attached hydrogens (tertiary/aromatic N) is 1. The lowest BCUT2D eigenvalue weighted by molar-refractivity contribution is 0.817. The van der Waals surface area contributed by atoms with E-state index in [1.165, 1.54) is 17.9 Å². The lowest BCUT2D eigenvalue weighted by Crippen LogP contribution is -2.26. The van der Waals surface area contributed by atoms with E-state index in [4.69, 9.17) is 17.3 Å². The molecular formula is C11H15ClN2S. The molecule has 82 valence electrons. The Hall–Kier alpha value is -0.540. The summed E-state index contributed by atoms with van der Waals surface area (Å²) in [7, 11) is 0. The Morgan fingerprint density at radius 2 is 2.13 bits per heavy atom. The molecule has 2 rings (SSSR count). The molecule has 1 fully saturated rings. The molecule has 0 saturated carbocycles. The summed E-state index contributed by atoms with van der Waals surface area (Å²) < 4.78 is 0. The van der Waals surface area contributed by atoms with Crippen LogP contribution in [0.1, 0.15) is 6.42 Å². The van der Waals surface area contributed by atoms with Crippen LogP contribution in [0.5, 0.6) is 0 Å². The van der Waals surface area contributed by atoms with Crippen LogP contribution in [-0.2, 0) is 0 Å². The molecule has 1 aliphatic rings. The van der Waals surface area contributed by atoms with Crippen LogP contribution >= 0.6 is 23.4 Å². The minimum atomic E-state index is 0.709. The van der Waals surface area contributed by atoms with Crippen molar-refractivity contribution in [1.82, 2.24) is 0 Å². The van der Waals surface area contributed by atoms with Crippen molar-refractivity contribution < 1.29 is 0 Å². The van der Waals surface area contributed by atoms with Gasteiger partial charge in [0.1, 0.15) is 0 Å². The van der Waals surface area contributed by atoms with Gasteiger partial charge in [0, 0.05) is 23.9 Å². The molecule has 0 radical (unpaired) electrons. The third kappa shape index (κ3) is 2.73. The van der Waals surface area contributed by atoms with E-state index in [1.807, 2.05) is 30.0 Å². The van der Waals surface area contributed by atoms with E-state index in [1.54, 1.807) is 0 Å². The molecule has 0 aromatic heterocycles. The smallest absolute Gasteiger partial charge is 0.0601 e. The van der Waals surface area contributed by atoms with Gasteiger partial charge in [0.05, 0.1) is 11.4 Å². The van der Waals surface area contributed by atoms with Crippen molar-refractivity contribution in [2.24, 2.45) is 0 Å². The Morgan fingerprint density at radius 3 is 2.93 bits per heavy atom. The second-order valence-corrected chi connectivity index (χ2v) is 5.32. The van der Waals surface area contributed by atoms with Gasteiger partial charge in [-0.15, -0.1) is 0 Å². The topological polar surface area (TPSA) is 29.3 Å². The first kappa shape index (κ1) is 11.0. The molecule has 1 saturated heterocycles. The molecule has 2 nitrogen and oxygen atoms in total. The van der Waals surface area contributed by atoms with Gasteiger partial charge < -0.3 is 10.6 Å². The highest BCUT2D eigenvalue weighted by Crippen LogP contribution is 2.28. The van der Waals surface area contributed by atoms with Crippen molar-refractivity contribution in [3.63, 3.8) is 0 Å². The highest BCUT2D eigenvalue weighted by molar-refractivity contribution is 7.99. The second-order valence-electron chi connectivity index (χ2n) is 3.66. The predicted molar refractivity (Wildman–Crippen MR) is 70.0 cm³/mol. The highest BCUT2D eigenvalue weighted by Gasteiger charge is 2.12. The molecule has 0 amide bonds. The highest BCUT2D eigenvalue weighted by atomic mass is 35.5. The number of benzene rings is 1. The van der Waals surface area contributed by atoms with Crippen molar-refractivity contribution >= 4 is 34.7 Å². The van der Waals surface area contributed by atoms with E-state index < -0.39 is 0 Å². The normalized spacial score (nSPS) is 17.5. The maximum Gasteiger partial charge on any atom is 0.0601 e. The molecule has 0 spiro atoms. The van der Waals surface area contributed by atoms with Crippen LogP contribution in [0.2, 0.25) is 5.02 Å². The average Bonchev–Trinajstić information content (AvgIpc) is 2.46. The number of halogens is 1. The fourth-order valence-electron chi connectivity index (χ4n) is 1.80. The summed E-state index contributed by atoms with van der Waals surface area (Å²) in [5.74, 6) is 2.44. The Kier molecular flexibility index (Phi) is 3.65. The van der Waals surface area contributed by atoms with Crippen LogP contribution in [0.25, 0.3) is 0 Å². The monoisotopic (exact) mass is 242 g/mol. The summed E-state index contributed by atoms with van der Waals surface area (Å²) in [6.07, 6.45) is 1.23. The molecule has 1 heterocycles. The first-order chi connectivity index (χ1) is 7.27. The van der Waals surface area contributed by atoms with Crippen LogP contribution in [0, 0.1) is 0 Å². The molecule has 1 aromatic rings. The van der Waals surface area contributed by atoms with Crippen LogP contribution in [0.4, 0.5) is 11.4 Å². The van der Waals surface area contributed by atoms with Gasteiger partial charge in [0.2, 0.25) is 0 Å². The fraction of sp³-hybridized carbons (Fsp3) is 0.455. The number of hydrogen-bond acceptors (Lipinski definition) is 3. The van der Waals surface area contributed by atoms with E-state index >= 15 is 0 Å². The number of anilines is 2. The molecular weight excluding hydrogens is 228 g/mol. The SMILES string of the molecule is Nc1cc(Cl)ccc1N1CCCSCC1. The van der Waals surface area contributed by atoms with E-state index in [9.17, 15) is 0 Å². The molecule has 0 unspecified atom stereocenters. The third-order valence-electron chi connectivity index (χ3n) is 2.55. The average molecular weight is 243 g/mol. The summed E-state index contributed by atoms with van der Waals surface area (Å²) >= 11 is 7.90. The Balaban J connectivity index is 2.19. The van der Waals surface area contributed by atoms with E-state index in [0.29, 0.717) is 5.02 Å². The largest absolute Gasteiger partial charge is 0.397 e. The molecule has 2 N–H and O–H groups in total. The van der Waals surface area contributed by atoms with Gasteiger partial charge in [-0.1, -0.05) is 11.6 Å². The first-order valence-corrected chi connectivity index (χ1v) is 6.68. The minimum absolute atomic E-state index is 0.709. The first-order valence-electron chi connectivity index (χ1n) is 5.15. The molecule has 1 aromatic carbocycles. The zero-order valence-corrected chi connectivity index (χ0v) is 10.2. The van der Waals surface area contributed by atoms with Crippen molar-refractivity contribution in [3.8, 4) is 0 Å². The molecule has 0 aliphatic carbocycles. The van der Waals surface area contributed by atoms with E-state index in [2.05, 4.69) is 4.90 Å². The van der Waals surface area contributed by atoms with Crippen molar-refractivity contribution in [3.05, 3.63) is 23.2 Å². The van der Waals surface area contributed by atoms with Gasteiger partial charge in [-0.05, 0) is 30.4 Å². The number of nitrogen functional groups attached to an aromatic ring is 1. The molecule has 1 aliphatic heterocycles. The molecule has 4 heteroatoms. The lowest BCUT2D eigenvalue weighted by atomic mass is 10.2. The van der Waals surface area contributed by atoms with Gasteiger partial charge in [-0.25, -0.2) is 0 Å². The quantitative estimate of drug-likeness (QED) is 0.768. The Morgan fingerprint density at radius 1 is 1.27 bits per heavy atom. The van der Waals surface area contributed by atoms with Gasteiger partial charge in [-0.3, -0.25) is 0 Å². The zero-order valence-electron chi connectivity index (χ0n) is 8.58. The minimum Gasteiger partial charge on any atom is -0.397 e. The molecule has 0 atom stereocenters. The van der Waals surface area contributed by atoms with Crippen LogP contribution in [-0.4, -0.2) is 24.6 Å². The number of hydrogen-bond donors (Lipinski definition) is 1. The van der Waals surface area contributed by atoms with Gasteiger partial charge >= 0.3 is 0 Å². The second kappa shape index (κ2) is 4.99.